The summed E-state index contributed by atoms with van der Waals surface area (Å²) in [5.74, 6) is 0.506. The number of aliphatic hydroxyl groups excluding tert-OH is 1. The largest absolute Gasteiger partial charge is 0.394 e. The number of amides is 1. The zero-order chi connectivity index (χ0) is 15.1. The quantitative estimate of drug-likeness (QED) is 0.889. The highest BCUT2D eigenvalue weighted by Gasteiger charge is 2.47. The Morgan fingerprint density at radius 1 is 1.48 bits per heavy atom. The van der Waals surface area contributed by atoms with E-state index in [2.05, 4.69) is 33.0 Å². The third kappa shape index (κ3) is 2.27. The van der Waals surface area contributed by atoms with E-state index in [1.807, 2.05) is 24.9 Å². The van der Waals surface area contributed by atoms with E-state index in [9.17, 15) is 9.90 Å². The van der Waals surface area contributed by atoms with Crippen molar-refractivity contribution in [1.29, 1.82) is 0 Å². The first kappa shape index (κ1) is 14.9. The molecule has 2 aliphatic heterocycles. The fourth-order valence-corrected chi connectivity index (χ4v) is 4.29. The average Bonchev–Trinajstić information content (AvgIpc) is 2.91. The second-order valence-electron chi connectivity index (χ2n) is 5.90. The molecule has 3 rings (SSSR count). The molecule has 0 saturated carbocycles. The second kappa shape index (κ2) is 5.61. The van der Waals surface area contributed by atoms with E-state index in [1.54, 1.807) is 0 Å². The highest BCUT2D eigenvalue weighted by molar-refractivity contribution is 9.10. The molecule has 1 amide bonds. The number of benzene rings is 1. The van der Waals surface area contributed by atoms with Crippen LogP contribution < -0.4 is 4.90 Å². The lowest BCUT2D eigenvalue weighted by atomic mass is 9.82. The molecule has 2 heterocycles. The summed E-state index contributed by atoms with van der Waals surface area (Å²) in [6, 6.07) is 6.39. The highest BCUT2D eigenvalue weighted by atomic mass is 79.9. The molecule has 114 valence electrons. The second-order valence-corrected chi connectivity index (χ2v) is 6.82. The molecule has 1 aromatic carbocycles. The van der Waals surface area contributed by atoms with Crippen LogP contribution in [0.2, 0.25) is 0 Å². The molecular weight excluding hydrogens is 332 g/mol. The minimum absolute atomic E-state index is 0.0818. The van der Waals surface area contributed by atoms with Gasteiger partial charge in [0, 0.05) is 36.1 Å². The molecule has 4 nitrogen and oxygen atoms in total. The van der Waals surface area contributed by atoms with Gasteiger partial charge in [0.05, 0.1) is 18.7 Å². The smallest absolute Gasteiger partial charge is 0.222 e. The van der Waals surface area contributed by atoms with Crippen molar-refractivity contribution in [2.24, 2.45) is 5.92 Å². The number of likely N-dealkylation sites (N-methyl/N-ethyl adjacent to an activating group) is 1. The molecule has 0 radical (unpaired) electrons. The third-order valence-electron chi connectivity index (χ3n) is 4.93. The zero-order valence-corrected chi connectivity index (χ0v) is 14.0. The van der Waals surface area contributed by atoms with Crippen molar-refractivity contribution >= 4 is 27.5 Å². The molecular formula is C16H21BrN2O2. The van der Waals surface area contributed by atoms with Crippen LogP contribution in [-0.4, -0.2) is 42.2 Å². The molecule has 1 aromatic rings. The van der Waals surface area contributed by atoms with Crippen LogP contribution in [0.25, 0.3) is 0 Å². The molecule has 0 spiro atoms. The van der Waals surface area contributed by atoms with Crippen molar-refractivity contribution in [2.45, 2.75) is 31.8 Å². The third-order valence-corrected chi connectivity index (χ3v) is 5.43. The first-order valence-electron chi connectivity index (χ1n) is 7.51. The molecule has 1 saturated heterocycles. The Bertz CT molecular complexity index is 563. The van der Waals surface area contributed by atoms with E-state index in [-0.39, 0.29) is 24.6 Å². The van der Waals surface area contributed by atoms with Gasteiger partial charge in [-0.1, -0.05) is 22.9 Å². The van der Waals surface area contributed by atoms with Crippen molar-refractivity contribution in [3.05, 3.63) is 28.2 Å². The molecule has 1 fully saturated rings. The Hall–Kier alpha value is -1.07. The Morgan fingerprint density at radius 3 is 2.90 bits per heavy atom. The number of fused-ring (bicyclic) bond motifs is 3. The van der Waals surface area contributed by atoms with Crippen molar-refractivity contribution in [2.75, 3.05) is 25.1 Å². The van der Waals surface area contributed by atoms with Crippen LogP contribution in [-0.2, 0) is 4.79 Å². The molecule has 0 unspecified atom stereocenters. The van der Waals surface area contributed by atoms with Crippen molar-refractivity contribution < 1.29 is 9.90 Å². The van der Waals surface area contributed by atoms with Gasteiger partial charge in [-0.15, -0.1) is 0 Å². The van der Waals surface area contributed by atoms with E-state index >= 15 is 0 Å². The van der Waals surface area contributed by atoms with Gasteiger partial charge in [-0.2, -0.15) is 0 Å². The van der Waals surface area contributed by atoms with Gasteiger partial charge in [0.25, 0.3) is 0 Å². The fraction of sp³-hybridized carbons (Fsp3) is 0.562. The minimum atomic E-state index is 0.0818. The summed E-state index contributed by atoms with van der Waals surface area (Å²) < 4.78 is 1.03. The number of hydrogen-bond acceptors (Lipinski definition) is 3. The van der Waals surface area contributed by atoms with Crippen LogP contribution >= 0.6 is 15.9 Å². The number of halogens is 1. The Kier molecular flexibility index (Phi) is 3.97. The van der Waals surface area contributed by atoms with Crippen molar-refractivity contribution in [3.63, 3.8) is 0 Å². The summed E-state index contributed by atoms with van der Waals surface area (Å²) in [6.07, 6.45) is 1.49. The van der Waals surface area contributed by atoms with Gasteiger partial charge in [0.1, 0.15) is 0 Å². The number of likely N-dealkylation sites (tertiary alicyclic amines) is 1. The zero-order valence-electron chi connectivity index (χ0n) is 12.4. The van der Waals surface area contributed by atoms with Gasteiger partial charge >= 0.3 is 0 Å². The summed E-state index contributed by atoms with van der Waals surface area (Å²) >= 11 is 3.54. The predicted octanol–water partition coefficient (Wildman–Crippen LogP) is 2.56. The number of hydrogen-bond donors (Lipinski definition) is 1. The van der Waals surface area contributed by atoms with Gasteiger partial charge in [0.15, 0.2) is 0 Å². The van der Waals surface area contributed by atoms with Crippen molar-refractivity contribution in [1.82, 2.24) is 4.90 Å². The van der Waals surface area contributed by atoms with Gasteiger partial charge in [-0.05, 0) is 30.2 Å². The molecule has 0 bridgehead atoms. The number of aliphatic hydroxyl groups is 1. The molecule has 2 aliphatic rings. The van der Waals surface area contributed by atoms with E-state index in [4.69, 9.17) is 0 Å². The molecule has 0 aromatic heterocycles. The monoisotopic (exact) mass is 352 g/mol. The number of rotatable bonds is 2. The topological polar surface area (TPSA) is 43.8 Å². The van der Waals surface area contributed by atoms with Gasteiger partial charge in [-0.3, -0.25) is 4.79 Å². The SMILES string of the molecule is CCC(=O)N1CC[C@@H]2[C@H]1c1cc(Br)ccc1N(C)[C@@H]2CO. The Labute approximate surface area is 133 Å². The lowest BCUT2D eigenvalue weighted by Gasteiger charge is -2.44. The summed E-state index contributed by atoms with van der Waals surface area (Å²) in [6.45, 7) is 2.83. The fourth-order valence-electron chi connectivity index (χ4n) is 3.91. The summed E-state index contributed by atoms with van der Waals surface area (Å²) in [7, 11) is 2.04. The molecule has 21 heavy (non-hydrogen) atoms. The maximum atomic E-state index is 12.3. The van der Waals surface area contributed by atoms with Gasteiger partial charge in [-0.25, -0.2) is 0 Å². The minimum Gasteiger partial charge on any atom is -0.394 e. The van der Waals surface area contributed by atoms with Crippen molar-refractivity contribution in [3.8, 4) is 0 Å². The van der Waals surface area contributed by atoms with Crippen LogP contribution in [0.1, 0.15) is 31.4 Å². The Morgan fingerprint density at radius 2 is 2.24 bits per heavy atom. The van der Waals surface area contributed by atoms with E-state index in [0.717, 1.165) is 23.1 Å². The average molecular weight is 353 g/mol. The summed E-state index contributed by atoms with van der Waals surface area (Å²) in [4.78, 5) is 16.5. The standard InChI is InChI=1S/C16H21BrN2O2/c1-3-15(21)19-7-6-11-14(9-20)18(2)13-5-4-10(17)8-12(13)16(11)19/h4-5,8,11,14,16,20H,3,6-7,9H2,1-2H3/t11-,14+,16-/m0/s1. The van der Waals surface area contributed by atoms with Crippen LogP contribution in [0.15, 0.2) is 22.7 Å². The molecule has 5 heteroatoms. The molecule has 1 N–H and O–H groups in total. The van der Waals surface area contributed by atoms with E-state index in [0.29, 0.717) is 12.3 Å². The lowest BCUT2D eigenvalue weighted by molar-refractivity contribution is -0.132. The summed E-state index contributed by atoms with van der Waals surface area (Å²) in [5, 5.41) is 9.82. The van der Waals surface area contributed by atoms with E-state index < -0.39 is 0 Å². The number of carbonyl (C=O) groups is 1. The maximum absolute atomic E-state index is 12.3. The van der Waals surface area contributed by atoms with E-state index in [1.165, 1.54) is 5.56 Å². The maximum Gasteiger partial charge on any atom is 0.222 e. The first-order valence-corrected chi connectivity index (χ1v) is 8.30. The predicted molar refractivity (Wildman–Crippen MR) is 86.3 cm³/mol. The normalized spacial score (nSPS) is 27.5. The first-order chi connectivity index (χ1) is 10.1. The summed E-state index contributed by atoms with van der Waals surface area (Å²) in [5.41, 5.74) is 2.31. The van der Waals surface area contributed by atoms with Crippen LogP contribution in [0.4, 0.5) is 5.69 Å². The number of anilines is 1. The lowest BCUT2D eigenvalue weighted by Crippen LogP contribution is -2.48. The molecule has 0 aliphatic carbocycles. The highest BCUT2D eigenvalue weighted by Crippen LogP contribution is 2.49. The van der Waals surface area contributed by atoms with Crippen LogP contribution in [0.3, 0.4) is 0 Å². The van der Waals surface area contributed by atoms with Crippen LogP contribution in [0.5, 0.6) is 0 Å². The number of carbonyl (C=O) groups excluding carboxylic acids is 1. The van der Waals surface area contributed by atoms with Gasteiger partial charge in [0.2, 0.25) is 5.91 Å². The number of nitrogens with zero attached hydrogens (tertiary/aromatic N) is 2. The van der Waals surface area contributed by atoms with Crippen LogP contribution in [0, 0.1) is 5.92 Å². The van der Waals surface area contributed by atoms with Gasteiger partial charge < -0.3 is 14.9 Å². The molecule has 3 atom stereocenters. The Balaban J connectivity index is 2.10.